The molecule has 0 unspecified atom stereocenters. The monoisotopic (exact) mass is 402 g/mol. The van der Waals surface area contributed by atoms with E-state index in [1.807, 2.05) is 30.3 Å². The fourth-order valence-electron chi connectivity index (χ4n) is 3.37. The van der Waals surface area contributed by atoms with Crippen LogP contribution in [0.3, 0.4) is 0 Å². The van der Waals surface area contributed by atoms with Crippen molar-refractivity contribution in [3.05, 3.63) is 71.8 Å². The van der Waals surface area contributed by atoms with Gasteiger partial charge in [-0.1, -0.05) is 36.4 Å². The first-order valence-corrected chi connectivity index (χ1v) is 9.14. The number of ether oxygens (including phenoxy) is 2. The first-order chi connectivity index (χ1) is 14.5. The van der Waals surface area contributed by atoms with Gasteiger partial charge < -0.3 is 9.47 Å². The predicted octanol–water partition coefficient (Wildman–Crippen LogP) is 3.52. The average molecular weight is 402 g/mol. The lowest BCUT2D eigenvalue weighted by Gasteiger charge is -2.27. The molecule has 0 aromatic heterocycles. The van der Waals surface area contributed by atoms with E-state index in [1.165, 1.54) is 20.3 Å². The summed E-state index contributed by atoms with van der Waals surface area (Å²) in [5.41, 5.74) is 0.728. The van der Waals surface area contributed by atoms with Gasteiger partial charge in [-0.15, -0.1) is 0 Å². The molecule has 0 radical (unpaired) electrons. The number of nitrogens with one attached hydrogen (secondary N) is 1. The number of imide groups is 2. The topological polar surface area (TPSA) is 84.9 Å². The molecule has 0 atom stereocenters. The molecule has 1 N–H and O–H groups in total. The van der Waals surface area contributed by atoms with Gasteiger partial charge in [0.1, 0.15) is 17.1 Å². The number of carbonyl (C=O) groups is 3. The molecule has 4 rings (SSSR count). The lowest BCUT2D eigenvalue weighted by molar-refractivity contribution is -0.122. The van der Waals surface area contributed by atoms with Crippen LogP contribution in [0.15, 0.2) is 66.2 Å². The summed E-state index contributed by atoms with van der Waals surface area (Å²) in [4.78, 5) is 39.2. The van der Waals surface area contributed by atoms with Crippen molar-refractivity contribution < 1.29 is 23.9 Å². The molecule has 0 aliphatic carbocycles. The van der Waals surface area contributed by atoms with Gasteiger partial charge in [0.05, 0.1) is 19.9 Å². The number of amides is 4. The largest absolute Gasteiger partial charge is 0.497 e. The molecule has 1 fully saturated rings. The van der Waals surface area contributed by atoms with Gasteiger partial charge in [0, 0.05) is 17.0 Å². The van der Waals surface area contributed by atoms with Crippen LogP contribution in [0.4, 0.5) is 10.5 Å². The van der Waals surface area contributed by atoms with E-state index in [0.29, 0.717) is 22.7 Å². The Morgan fingerprint density at radius 2 is 1.67 bits per heavy atom. The van der Waals surface area contributed by atoms with Gasteiger partial charge in [-0.3, -0.25) is 14.9 Å². The molecule has 1 saturated heterocycles. The molecule has 1 aliphatic rings. The second-order valence-electron chi connectivity index (χ2n) is 6.56. The third-order valence-electron chi connectivity index (χ3n) is 4.85. The van der Waals surface area contributed by atoms with E-state index in [1.54, 1.807) is 30.3 Å². The fraction of sp³-hybridized carbons (Fsp3) is 0.0870. The van der Waals surface area contributed by atoms with E-state index in [9.17, 15) is 14.4 Å². The molecule has 3 aromatic rings. The Balaban J connectivity index is 1.81. The minimum atomic E-state index is -0.791. The first kappa shape index (κ1) is 19.2. The predicted molar refractivity (Wildman–Crippen MR) is 112 cm³/mol. The molecule has 150 valence electrons. The van der Waals surface area contributed by atoms with Crippen LogP contribution in [-0.2, 0) is 9.59 Å². The minimum absolute atomic E-state index is 0.175. The summed E-state index contributed by atoms with van der Waals surface area (Å²) in [7, 11) is 3.00. The van der Waals surface area contributed by atoms with Crippen LogP contribution in [0.5, 0.6) is 11.5 Å². The van der Waals surface area contributed by atoms with Crippen LogP contribution < -0.4 is 19.7 Å². The zero-order valence-electron chi connectivity index (χ0n) is 16.3. The SMILES string of the molecule is COc1ccc(/C=C2/C(=O)NC(=O)N(c3cccc4ccccc34)C2=O)c(OC)c1. The Kier molecular flexibility index (Phi) is 4.93. The highest BCUT2D eigenvalue weighted by atomic mass is 16.5. The molecule has 0 bridgehead atoms. The molecule has 0 spiro atoms. The molecule has 1 heterocycles. The van der Waals surface area contributed by atoms with Crippen LogP contribution in [-0.4, -0.2) is 32.1 Å². The number of hydrogen-bond acceptors (Lipinski definition) is 5. The van der Waals surface area contributed by atoms with Gasteiger partial charge in [-0.05, 0) is 29.7 Å². The van der Waals surface area contributed by atoms with Gasteiger partial charge in [0.15, 0.2) is 0 Å². The van der Waals surface area contributed by atoms with Gasteiger partial charge in [-0.25, -0.2) is 9.69 Å². The van der Waals surface area contributed by atoms with E-state index in [4.69, 9.17) is 9.47 Å². The smallest absolute Gasteiger partial charge is 0.335 e. The maximum atomic E-state index is 13.2. The second kappa shape index (κ2) is 7.71. The maximum absolute atomic E-state index is 13.2. The van der Waals surface area contributed by atoms with Crippen molar-refractivity contribution in [2.45, 2.75) is 0 Å². The molecular formula is C23H18N2O5. The number of carbonyl (C=O) groups excluding carboxylic acids is 3. The molecule has 7 heteroatoms. The van der Waals surface area contributed by atoms with Crippen LogP contribution in [0.25, 0.3) is 16.8 Å². The average Bonchev–Trinajstić information content (AvgIpc) is 2.76. The van der Waals surface area contributed by atoms with Gasteiger partial charge >= 0.3 is 6.03 Å². The molecular weight excluding hydrogens is 384 g/mol. The van der Waals surface area contributed by atoms with Crippen LogP contribution in [0.2, 0.25) is 0 Å². The molecule has 4 amide bonds. The van der Waals surface area contributed by atoms with Gasteiger partial charge in [-0.2, -0.15) is 0 Å². The number of hydrogen-bond donors (Lipinski definition) is 1. The van der Waals surface area contributed by atoms with Crippen molar-refractivity contribution >= 4 is 40.4 Å². The Morgan fingerprint density at radius 1 is 0.900 bits per heavy atom. The molecule has 3 aromatic carbocycles. The standard InChI is InChI=1S/C23H18N2O5/c1-29-16-11-10-15(20(13-16)30-2)12-18-21(26)24-23(28)25(22(18)27)19-9-5-7-14-6-3-4-8-17(14)19/h3-13H,1-2H3,(H,24,26,28)/b18-12-. The summed E-state index contributed by atoms with van der Waals surface area (Å²) in [5, 5.41) is 3.84. The van der Waals surface area contributed by atoms with E-state index in [2.05, 4.69) is 5.32 Å². The maximum Gasteiger partial charge on any atom is 0.335 e. The van der Waals surface area contributed by atoms with E-state index < -0.39 is 17.8 Å². The highest BCUT2D eigenvalue weighted by Gasteiger charge is 2.37. The summed E-state index contributed by atoms with van der Waals surface area (Å²) in [6, 6.07) is 16.9. The molecule has 0 saturated carbocycles. The Bertz CT molecular complexity index is 1210. The quantitative estimate of drug-likeness (QED) is 0.533. The second-order valence-corrected chi connectivity index (χ2v) is 6.56. The number of methoxy groups -OCH3 is 2. The number of fused-ring (bicyclic) bond motifs is 1. The first-order valence-electron chi connectivity index (χ1n) is 9.14. The lowest BCUT2D eigenvalue weighted by atomic mass is 10.0. The third-order valence-corrected chi connectivity index (χ3v) is 4.85. The number of rotatable bonds is 4. The molecule has 7 nitrogen and oxygen atoms in total. The molecule has 1 aliphatic heterocycles. The zero-order chi connectivity index (χ0) is 21.3. The van der Waals surface area contributed by atoms with Crippen molar-refractivity contribution in [1.29, 1.82) is 0 Å². The van der Waals surface area contributed by atoms with Crippen LogP contribution >= 0.6 is 0 Å². The summed E-state index contributed by atoms with van der Waals surface area (Å²) < 4.78 is 10.5. The van der Waals surface area contributed by atoms with Crippen molar-refractivity contribution in [2.24, 2.45) is 0 Å². The van der Waals surface area contributed by atoms with E-state index >= 15 is 0 Å². The number of anilines is 1. The highest BCUT2D eigenvalue weighted by Crippen LogP contribution is 2.31. The summed E-state index contributed by atoms with van der Waals surface area (Å²) >= 11 is 0. The Hall–Kier alpha value is -4.13. The number of barbiturate groups is 1. The highest BCUT2D eigenvalue weighted by molar-refractivity contribution is 6.40. The normalized spacial score (nSPS) is 15.5. The van der Waals surface area contributed by atoms with Crippen molar-refractivity contribution in [2.75, 3.05) is 19.1 Å². The van der Waals surface area contributed by atoms with Crippen molar-refractivity contribution in [3.63, 3.8) is 0 Å². The van der Waals surface area contributed by atoms with Crippen molar-refractivity contribution in [1.82, 2.24) is 5.32 Å². The summed E-state index contributed by atoms with van der Waals surface area (Å²) in [6.45, 7) is 0. The number of urea groups is 1. The van der Waals surface area contributed by atoms with Crippen LogP contribution in [0, 0.1) is 0 Å². The van der Waals surface area contributed by atoms with E-state index in [-0.39, 0.29) is 5.57 Å². The van der Waals surface area contributed by atoms with Crippen LogP contribution in [0.1, 0.15) is 5.56 Å². The van der Waals surface area contributed by atoms with Gasteiger partial charge in [0.25, 0.3) is 11.8 Å². The number of benzene rings is 3. The number of nitrogens with zero attached hydrogens (tertiary/aromatic N) is 1. The molecule has 30 heavy (non-hydrogen) atoms. The van der Waals surface area contributed by atoms with Gasteiger partial charge in [0.2, 0.25) is 0 Å². The van der Waals surface area contributed by atoms with Crippen molar-refractivity contribution in [3.8, 4) is 11.5 Å². The zero-order valence-corrected chi connectivity index (χ0v) is 16.3. The lowest BCUT2D eigenvalue weighted by Crippen LogP contribution is -2.54. The minimum Gasteiger partial charge on any atom is -0.497 e. The summed E-state index contributed by atoms with van der Waals surface area (Å²) in [5.74, 6) is -0.477. The van der Waals surface area contributed by atoms with E-state index in [0.717, 1.165) is 15.7 Å². The Labute approximate surface area is 172 Å². The fourth-order valence-corrected chi connectivity index (χ4v) is 3.37. The third kappa shape index (κ3) is 3.26. The Morgan fingerprint density at radius 3 is 2.43 bits per heavy atom. The summed E-state index contributed by atoms with van der Waals surface area (Å²) in [6.07, 6.45) is 1.40.